The number of carbonyl (C=O) groups is 1. The van der Waals surface area contributed by atoms with Gasteiger partial charge in [-0.25, -0.2) is 14.5 Å². The minimum atomic E-state index is -1.12. The number of hydrogen-bond acceptors (Lipinski definition) is 4. The smallest absolute Gasteiger partial charge is 0.375 e. The number of carboxylic acid groups (broad SMARTS) is 1. The van der Waals surface area contributed by atoms with Crippen molar-refractivity contribution in [2.24, 2.45) is 7.05 Å². The number of nitrogens with zero attached hydrogens (tertiary/aromatic N) is 4. The van der Waals surface area contributed by atoms with E-state index in [1.807, 2.05) is 38.4 Å². The van der Waals surface area contributed by atoms with E-state index >= 15 is 0 Å². The van der Waals surface area contributed by atoms with Gasteiger partial charge < -0.3 is 10.0 Å². The fourth-order valence-electron chi connectivity index (χ4n) is 1.85. The molecule has 0 aliphatic carbocycles. The highest BCUT2D eigenvalue weighted by Gasteiger charge is 2.14. The molecule has 0 saturated carbocycles. The Bertz CT molecular complexity index is 587. The van der Waals surface area contributed by atoms with Crippen LogP contribution in [0.15, 0.2) is 24.3 Å². The molecule has 0 aliphatic rings. The van der Waals surface area contributed by atoms with Crippen molar-refractivity contribution in [2.75, 3.05) is 14.1 Å². The molecule has 0 bridgehead atoms. The van der Waals surface area contributed by atoms with Gasteiger partial charge in [0.25, 0.3) is 5.82 Å². The van der Waals surface area contributed by atoms with E-state index in [1.54, 1.807) is 7.05 Å². The lowest BCUT2D eigenvalue weighted by Crippen LogP contribution is -2.10. The van der Waals surface area contributed by atoms with Crippen molar-refractivity contribution in [1.82, 2.24) is 19.7 Å². The van der Waals surface area contributed by atoms with Gasteiger partial charge >= 0.3 is 5.97 Å². The van der Waals surface area contributed by atoms with Crippen LogP contribution in [0.4, 0.5) is 0 Å². The molecule has 0 fully saturated rings. The molecule has 100 valence electrons. The van der Waals surface area contributed by atoms with Crippen molar-refractivity contribution < 1.29 is 9.90 Å². The monoisotopic (exact) mass is 260 g/mol. The van der Waals surface area contributed by atoms with Crippen molar-refractivity contribution in [3.63, 3.8) is 0 Å². The van der Waals surface area contributed by atoms with E-state index in [0.29, 0.717) is 5.82 Å². The number of aromatic nitrogens is 3. The summed E-state index contributed by atoms with van der Waals surface area (Å²) in [6, 6.07) is 7.86. The molecule has 1 N–H and O–H groups in total. The molecule has 1 aromatic carbocycles. The molecule has 1 heterocycles. The Morgan fingerprint density at radius 2 is 1.95 bits per heavy atom. The van der Waals surface area contributed by atoms with E-state index in [-0.39, 0.29) is 5.82 Å². The predicted molar refractivity (Wildman–Crippen MR) is 70.8 cm³/mol. The Morgan fingerprint density at radius 3 is 2.42 bits per heavy atom. The molecule has 0 amide bonds. The van der Waals surface area contributed by atoms with Crippen LogP contribution in [-0.4, -0.2) is 44.8 Å². The van der Waals surface area contributed by atoms with E-state index in [0.717, 1.165) is 12.1 Å². The van der Waals surface area contributed by atoms with Crippen LogP contribution in [0.3, 0.4) is 0 Å². The number of rotatable bonds is 4. The summed E-state index contributed by atoms with van der Waals surface area (Å²) in [5.41, 5.74) is 2.04. The Morgan fingerprint density at radius 1 is 1.32 bits per heavy atom. The first-order chi connectivity index (χ1) is 8.97. The van der Waals surface area contributed by atoms with Crippen molar-refractivity contribution in [3.8, 4) is 11.4 Å². The van der Waals surface area contributed by atoms with Gasteiger partial charge in [0.1, 0.15) is 0 Å². The van der Waals surface area contributed by atoms with Gasteiger partial charge in [0.05, 0.1) is 0 Å². The second kappa shape index (κ2) is 5.19. The number of carboxylic acids is 1. The Labute approximate surface area is 111 Å². The highest BCUT2D eigenvalue weighted by atomic mass is 16.4. The highest BCUT2D eigenvalue weighted by Crippen LogP contribution is 2.17. The summed E-state index contributed by atoms with van der Waals surface area (Å²) < 4.78 is 1.48. The van der Waals surface area contributed by atoms with Crippen LogP contribution in [0, 0.1) is 0 Å². The fraction of sp³-hybridized carbons (Fsp3) is 0.308. The molecule has 1 aromatic heterocycles. The molecule has 0 atom stereocenters. The van der Waals surface area contributed by atoms with Crippen LogP contribution in [0.5, 0.6) is 0 Å². The molecule has 6 nitrogen and oxygen atoms in total. The maximum absolute atomic E-state index is 10.8. The molecule has 0 saturated heterocycles. The maximum Gasteiger partial charge on any atom is 0.375 e. The van der Waals surface area contributed by atoms with E-state index in [9.17, 15) is 4.79 Å². The summed E-state index contributed by atoms with van der Waals surface area (Å²) in [5.74, 6) is -0.755. The number of aryl methyl sites for hydroxylation is 1. The molecule has 2 rings (SSSR count). The predicted octanol–water partition coefficient (Wildman–Crippen LogP) is 1.24. The number of aromatic carboxylic acids is 1. The maximum atomic E-state index is 10.8. The minimum Gasteiger partial charge on any atom is -0.475 e. The zero-order valence-electron chi connectivity index (χ0n) is 11.2. The summed E-state index contributed by atoms with van der Waals surface area (Å²) in [6.07, 6.45) is 0. The van der Waals surface area contributed by atoms with Crippen LogP contribution in [0.2, 0.25) is 0 Å². The van der Waals surface area contributed by atoms with Crippen molar-refractivity contribution in [1.29, 1.82) is 0 Å². The van der Waals surface area contributed by atoms with Gasteiger partial charge in [0, 0.05) is 19.2 Å². The number of benzene rings is 1. The van der Waals surface area contributed by atoms with Gasteiger partial charge in [-0.2, -0.15) is 0 Å². The SMILES string of the molecule is CN(C)Cc1ccc(-c2nc(C(=O)O)nn2C)cc1. The van der Waals surface area contributed by atoms with E-state index in [4.69, 9.17) is 5.11 Å². The van der Waals surface area contributed by atoms with Crippen LogP contribution in [0.25, 0.3) is 11.4 Å². The van der Waals surface area contributed by atoms with Crippen LogP contribution in [-0.2, 0) is 13.6 Å². The highest BCUT2D eigenvalue weighted by molar-refractivity contribution is 5.83. The minimum absolute atomic E-state index is 0.185. The van der Waals surface area contributed by atoms with Gasteiger partial charge in [-0.1, -0.05) is 24.3 Å². The van der Waals surface area contributed by atoms with E-state index in [2.05, 4.69) is 15.0 Å². The van der Waals surface area contributed by atoms with Gasteiger partial charge in [0.15, 0.2) is 5.82 Å². The summed E-state index contributed by atoms with van der Waals surface area (Å²) in [5, 5.41) is 12.7. The number of hydrogen-bond donors (Lipinski definition) is 1. The lowest BCUT2D eigenvalue weighted by atomic mass is 10.1. The van der Waals surface area contributed by atoms with Crippen LogP contribution < -0.4 is 0 Å². The first kappa shape index (κ1) is 13.2. The summed E-state index contributed by atoms with van der Waals surface area (Å²) in [7, 11) is 5.70. The van der Waals surface area contributed by atoms with Gasteiger partial charge in [-0.3, -0.25) is 0 Å². The third kappa shape index (κ3) is 2.97. The standard InChI is InChI=1S/C13H16N4O2/c1-16(2)8-9-4-6-10(7-5-9)12-14-11(13(18)19)15-17(12)3/h4-7H,8H2,1-3H3,(H,18,19). The summed E-state index contributed by atoms with van der Waals surface area (Å²) in [6.45, 7) is 0.861. The van der Waals surface area contributed by atoms with Crippen molar-refractivity contribution >= 4 is 5.97 Å². The zero-order chi connectivity index (χ0) is 14.0. The molecule has 0 radical (unpaired) electrons. The quantitative estimate of drug-likeness (QED) is 0.895. The second-order valence-corrected chi connectivity index (χ2v) is 4.62. The fourth-order valence-corrected chi connectivity index (χ4v) is 1.85. The topological polar surface area (TPSA) is 71.2 Å². The van der Waals surface area contributed by atoms with Gasteiger partial charge in [-0.15, -0.1) is 5.10 Å². The summed E-state index contributed by atoms with van der Waals surface area (Å²) >= 11 is 0. The lowest BCUT2D eigenvalue weighted by molar-refractivity contribution is 0.0683. The Balaban J connectivity index is 2.29. The third-order valence-corrected chi connectivity index (χ3v) is 2.67. The van der Waals surface area contributed by atoms with Gasteiger partial charge in [0.2, 0.25) is 0 Å². The molecular formula is C13H16N4O2. The molecule has 0 unspecified atom stereocenters. The first-order valence-corrected chi connectivity index (χ1v) is 5.85. The molecule has 19 heavy (non-hydrogen) atoms. The molecular weight excluding hydrogens is 244 g/mol. The summed E-state index contributed by atoms with van der Waals surface area (Å²) in [4.78, 5) is 16.9. The molecule has 0 spiro atoms. The molecule has 6 heteroatoms. The van der Waals surface area contributed by atoms with Crippen molar-refractivity contribution in [3.05, 3.63) is 35.7 Å². The van der Waals surface area contributed by atoms with Crippen molar-refractivity contribution in [2.45, 2.75) is 6.54 Å². The lowest BCUT2D eigenvalue weighted by Gasteiger charge is -2.09. The Hall–Kier alpha value is -2.21. The van der Waals surface area contributed by atoms with Crippen LogP contribution >= 0.6 is 0 Å². The molecule has 2 aromatic rings. The average molecular weight is 260 g/mol. The zero-order valence-corrected chi connectivity index (χ0v) is 11.2. The Kier molecular flexibility index (Phi) is 3.62. The van der Waals surface area contributed by atoms with E-state index in [1.165, 1.54) is 10.2 Å². The second-order valence-electron chi connectivity index (χ2n) is 4.62. The van der Waals surface area contributed by atoms with Crippen LogP contribution in [0.1, 0.15) is 16.2 Å². The molecule has 0 aliphatic heterocycles. The third-order valence-electron chi connectivity index (χ3n) is 2.67. The first-order valence-electron chi connectivity index (χ1n) is 5.85. The van der Waals surface area contributed by atoms with Gasteiger partial charge in [-0.05, 0) is 19.7 Å². The largest absolute Gasteiger partial charge is 0.475 e. The van der Waals surface area contributed by atoms with E-state index < -0.39 is 5.97 Å². The average Bonchev–Trinajstić information content (AvgIpc) is 2.72. The normalized spacial score (nSPS) is 10.9.